The van der Waals surface area contributed by atoms with Gasteiger partial charge in [0, 0.05) is 23.7 Å². The summed E-state index contributed by atoms with van der Waals surface area (Å²) in [7, 11) is 0. The van der Waals surface area contributed by atoms with E-state index < -0.39 is 149 Å². The number of carbonyl (C=O) groups is 12. The average molecular weight is 1340 g/mol. The van der Waals surface area contributed by atoms with Crippen LogP contribution in [0.5, 0.6) is 0 Å². The van der Waals surface area contributed by atoms with E-state index in [2.05, 4.69) is 29.3 Å². The van der Waals surface area contributed by atoms with Crippen molar-refractivity contribution in [2.45, 2.75) is 54.4 Å². The van der Waals surface area contributed by atoms with E-state index in [0.29, 0.717) is 33.4 Å². The summed E-state index contributed by atoms with van der Waals surface area (Å²) in [5.41, 5.74) is 3.43. The Morgan fingerprint density at radius 1 is 0.250 bits per heavy atom. The number of hydrogen-bond acceptors (Lipinski definition) is 30. The lowest BCUT2D eigenvalue weighted by Gasteiger charge is -2.36. The molecule has 0 aromatic heterocycles. The quantitative estimate of drug-likeness (QED) is 0.0249. The van der Waals surface area contributed by atoms with Crippen molar-refractivity contribution in [1.82, 2.24) is 0 Å². The average Bonchev–Trinajstić information content (AvgIpc) is 0.911. The smallest absolute Gasteiger partial charge is 0.432 e. The number of carbonyl (C=O) groups excluding carboxylic acids is 12. The van der Waals surface area contributed by atoms with Gasteiger partial charge in [0.2, 0.25) is 0 Å². The van der Waals surface area contributed by atoms with Gasteiger partial charge in [-0.15, -0.1) is 0 Å². The highest BCUT2D eigenvalue weighted by atomic mass is 17.3. The van der Waals surface area contributed by atoms with Gasteiger partial charge in [0.15, 0.2) is 0 Å². The van der Waals surface area contributed by atoms with E-state index in [1.165, 1.54) is 109 Å². The molecule has 4 unspecified atom stereocenters. The Hall–Kier alpha value is -12.2. The van der Waals surface area contributed by atoms with E-state index in [1.54, 1.807) is 77.9 Å². The monoisotopic (exact) mass is 1330 g/mol. The molecule has 0 N–H and O–H groups in total. The second-order valence-corrected chi connectivity index (χ2v) is 20.8. The molecule has 96 heavy (non-hydrogen) atoms. The predicted molar refractivity (Wildman–Crippen MR) is 317 cm³/mol. The van der Waals surface area contributed by atoms with E-state index in [4.69, 9.17) is 57.7 Å². The zero-order valence-electron chi connectivity index (χ0n) is 52.1. The number of benzene rings is 6. The van der Waals surface area contributed by atoms with Crippen molar-refractivity contribution in [3.05, 3.63) is 212 Å². The van der Waals surface area contributed by atoms with Gasteiger partial charge in [0.1, 0.15) is 0 Å². The molecule has 6 aromatic rings. The molecule has 6 aromatic carbocycles. The first-order chi connectivity index (χ1) is 46.0. The third kappa shape index (κ3) is 25.1. The summed E-state index contributed by atoms with van der Waals surface area (Å²) >= 11 is 0. The SMILES string of the molecule is Cc1cccc(C(=O)OOC(=O)OCCC(COC(=O)OOC(=O)c2cccc(C)c2)C(COC(=O)OOC(=O)c2cccc(C)c2)C(COC(=O)OOC(=O)c2cccc(C)c2)C(CCOC(=O)OOC(=O)c2cccc(C)c2)COC(=O)OOC(=O)c2cccc(C)c2)c1. The van der Waals surface area contributed by atoms with Crippen molar-refractivity contribution in [3.63, 3.8) is 0 Å². The summed E-state index contributed by atoms with van der Waals surface area (Å²) in [4.78, 5) is 214. The topological polar surface area (TPSA) is 371 Å². The Morgan fingerprint density at radius 2 is 0.438 bits per heavy atom. The van der Waals surface area contributed by atoms with Crippen LogP contribution >= 0.6 is 0 Å². The van der Waals surface area contributed by atoms with Crippen molar-refractivity contribution in [2.75, 3.05) is 39.6 Å². The third-order valence-electron chi connectivity index (χ3n) is 13.4. The molecule has 506 valence electrons. The Kier molecular flexibility index (Phi) is 28.3. The molecule has 0 heterocycles. The fraction of sp³-hybridized carbons (Fsp3) is 0.273. The summed E-state index contributed by atoms with van der Waals surface area (Å²) in [5, 5.41) is 0. The molecular weight excluding hydrogens is 1270 g/mol. The van der Waals surface area contributed by atoms with Gasteiger partial charge in [-0.3, -0.25) is 0 Å². The predicted octanol–water partition coefficient (Wildman–Crippen LogP) is 11.6. The van der Waals surface area contributed by atoms with Crippen molar-refractivity contribution < 1.29 is 145 Å². The standard InChI is InChI=1S/C66H62O30/c1-39-13-7-19-45(29-39)55(67)85-91-61(73)79-27-25-51(35-81-63(75)93-87-57(69)47-21-9-15-41(3)31-47)53(37-83-65(77)95-89-59(71)49-23-11-17-43(5)33-49)54(38-84-66(78)96-90-60(72)50-24-12-18-44(6)34-50)52(36-82-64(76)94-88-58(70)48-22-10-16-42(4)32-48)26-28-80-62(74)92-86-56(68)46-20-8-14-40(2)30-46/h7-24,29-34,51-54H,25-28,35-38H2,1-6H3. The second kappa shape index (κ2) is 37.3. The van der Waals surface area contributed by atoms with Crippen molar-refractivity contribution in [2.24, 2.45) is 23.7 Å². The van der Waals surface area contributed by atoms with Crippen LogP contribution in [0.25, 0.3) is 0 Å². The first-order valence-electron chi connectivity index (χ1n) is 28.7. The molecule has 0 bridgehead atoms. The van der Waals surface area contributed by atoms with Crippen LogP contribution in [0.2, 0.25) is 0 Å². The Balaban J connectivity index is 1.37. The van der Waals surface area contributed by atoms with E-state index >= 15 is 0 Å². The van der Waals surface area contributed by atoms with E-state index in [9.17, 15) is 57.5 Å². The van der Waals surface area contributed by atoms with Crippen LogP contribution in [0, 0.1) is 65.2 Å². The molecule has 0 amide bonds. The lowest BCUT2D eigenvalue weighted by Crippen LogP contribution is -2.41. The number of rotatable bonds is 23. The maximum atomic E-state index is 13.6. The fourth-order valence-electron chi connectivity index (χ4n) is 8.82. The molecule has 0 saturated carbocycles. The first kappa shape index (κ1) is 72.8. The summed E-state index contributed by atoms with van der Waals surface area (Å²) in [6.07, 6.45) is -11.4. The first-order valence-corrected chi connectivity index (χ1v) is 28.7. The summed E-state index contributed by atoms with van der Waals surface area (Å²) in [6.45, 7) is 4.25. The minimum Gasteiger partial charge on any atom is -0.432 e. The number of aryl methyl sites for hydroxylation is 6. The molecule has 0 aliphatic rings. The Morgan fingerprint density at radius 3 is 0.635 bits per heavy atom. The molecule has 30 heteroatoms. The van der Waals surface area contributed by atoms with Crippen molar-refractivity contribution >= 4 is 72.7 Å². The van der Waals surface area contributed by atoms with Gasteiger partial charge in [-0.1, -0.05) is 106 Å². The van der Waals surface area contributed by atoms with Gasteiger partial charge in [0.25, 0.3) is 0 Å². The molecule has 0 aliphatic carbocycles. The van der Waals surface area contributed by atoms with Crippen LogP contribution in [-0.2, 0) is 87.1 Å². The fourth-order valence-corrected chi connectivity index (χ4v) is 8.82. The van der Waals surface area contributed by atoms with Crippen LogP contribution in [-0.4, -0.2) is 112 Å². The highest BCUT2D eigenvalue weighted by molar-refractivity contribution is 5.92. The van der Waals surface area contributed by atoms with Crippen LogP contribution in [0.15, 0.2) is 146 Å². The maximum Gasteiger partial charge on any atom is 0.549 e. The molecule has 4 atom stereocenters. The van der Waals surface area contributed by atoms with E-state index in [-0.39, 0.29) is 33.4 Å². The van der Waals surface area contributed by atoms with Crippen LogP contribution in [0.1, 0.15) is 108 Å². The Bertz CT molecular complexity index is 3510. The summed E-state index contributed by atoms with van der Waals surface area (Å²) < 4.78 is 32.2. The summed E-state index contributed by atoms with van der Waals surface area (Å²) in [5.74, 6) is -13.3. The van der Waals surface area contributed by atoms with Crippen LogP contribution in [0.3, 0.4) is 0 Å². The minimum absolute atomic E-state index is 0.0248. The molecular formula is C66H62O30. The molecule has 0 spiro atoms. The van der Waals surface area contributed by atoms with Crippen LogP contribution in [0.4, 0.5) is 28.8 Å². The highest BCUT2D eigenvalue weighted by Gasteiger charge is 2.40. The molecule has 30 nitrogen and oxygen atoms in total. The largest absolute Gasteiger partial charge is 0.549 e. The van der Waals surface area contributed by atoms with Gasteiger partial charge < -0.3 is 28.4 Å². The lowest BCUT2D eigenvalue weighted by molar-refractivity contribution is -0.212. The van der Waals surface area contributed by atoms with Gasteiger partial charge in [-0.2, -0.15) is 28.8 Å². The zero-order valence-corrected chi connectivity index (χ0v) is 52.1. The molecule has 0 saturated heterocycles. The van der Waals surface area contributed by atoms with Crippen LogP contribution < -0.4 is 0 Å². The Labute approximate surface area is 545 Å². The van der Waals surface area contributed by atoms with Gasteiger partial charge >= 0.3 is 72.7 Å². The van der Waals surface area contributed by atoms with E-state index in [0.717, 1.165) is 0 Å². The van der Waals surface area contributed by atoms with Gasteiger partial charge in [-0.25, -0.2) is 87.4 Å². The molecule has 0 radical (unpaired) electrons. The normalized spacial score (nSPS) is 11.7. The third-order valence-corrected chi connectivity index (χ3v) is 13.4. The zero-order chi connectivity index (χ0) is 69.5. The van der Waals surface area contributed by atoms with Gasteiger partial charge in [-0.05, 0) is 127 Å². The molecule has 6 rings (SSSR count). The van der Waals surface area contributed by atoms with Crippen molar-refractivity contribution in [3.8, 4) is 0 Å². The maximum absolute atomic E-state index is 13.6. The molecule has 0 fully saturated rings. The minimum atomic E-state index is -1.75. The lowest BCUT2D eigenvalue weighted by atomic mass is 9.74. The second-order valence-electron chi connectivity index (χ2n) is 20.8. The van der Waals surface area contributed by atoms with Crippen molar-refractivity contribution in [1.29, 1.82) is 0 Å². The highest BCUT2D eigenvalue weighted by Crippen LogP contribution is 2.35. The molecule has 0 aliphatic heterocycles. The summed E-state index contributed by atoms with van der Waals surface area (Å²) in [6, 6.07) is 35.6. The van der Waals surface area contributed by atoms with Gasteiger partial charge in [0.05, 0.1) is 73.0 Å². The number of hydrogen-bond donors (Lipinski definition) is 0. The van der Waals surface area contributed by atoms with E-state index in [1.807, 2.05) is 0 Å². The number of ether oxygens (including phenoxy) is 6.